The zero-order chi connectivity index (χ0) is 25.1. The van der Waals surface area contributed by atoms with E-state index in [4.69, 9.17) is 0 Å². The highest BCUT2D eigenvalue weighted by atomic mass is 32.2. The van der Waals surface area contributed by atoms with Crippen LogP contribution in [0.1, 0.15) is 21.5 Å². The van der Waals surface area contributed by atoms with Crippen molar-refractivity contribution >= 4 is 40.6 Å². The molecule has 36 heavy (non-hydrogen) atoms. The van der Waals surface area contributed by atoms with Gasteiger partial charge in [0.15, 0.2) is 0 Å². The van der Waals surface area contributed by atoms with Gasteiger partial charge in [-0.25, -0.2) is 4.39 Å². The Bertz CT molecular complexity index is 1320. The predicted octanol–water partition coefficient (Wildman–Crippen LogP) is 5.02. The van der Waals surface area contributed by atoms with Crippen LogP contribution in [0.5, 0.6) is 0 Å². The molecule has 3 aromatic carbocycles. The minimum Gasteiger partial charge on any atom is -0.368 e. The summed E-state index contributed by atoms with van der Waals surface area (Å²) in [5, 5.41) is -0.376. The number of rotatable bonds is 5. The van der Waals surface area contributed by atoms with Crippen molar-refractivity contribution in [3.63, 3.8) is 0 Å². The lowest BCUT2D eigenvalue weighted by Crippen LogP contribution is -2.48. The molecule has 2 heterocycles. The summed E-state index contributed by atoms with van der Waals surface area (Å²) in [4.78, 5) is 44.0. The van der Waals surface area contributed by atoms with Crippen LogP contribution >= 0.6 is 11.8 Å². The van der Waals surface area contributed by atoms with Crippen LogP contribution in [0, 0.1) is 5.82 Å². The number of imide groups is 1. The lowest BCUT2D eigenvalue weighted by atomic mass is 10.1. The molecule has 2 fully saturated rings. The monoisotopic (exact) mass is 501 g/mol. The fraction of sp³-hybridized carbons (Fsp3) is 0.179. The molecule has 0 radical (unpaired) electrons. The maximum Gasteiger partial charge on any atom is 0.293 e. The molecule has 2 aliphatic heterocycles. The number of hydrogen-bond acceptors (Lipinski definition) is 5. The third kappa shape index (κ3) is 5.18. The van der Waals surface area contributed by atoms with Gasteiger partial charge in [0.25, 0.3) is 17.1 Å². The van der Waals surface area contributed by atoms with E-state index in [9.17, 15) is 18.8 Å². The molecule has 2 aliphatic rings. The van der Waals surface area contributed by atoms with E-state index in [1.807, 2.05) is 23.1 Å². The van der Waals surface area contributed by atoms with Crippen LogP contribution in [-0.2, 0) is 11.3 Å². The molecule has 0 atom stereocenters. The van der Waals surface area contributed by atoms with E-state index in [0.717, 1.165) is 35.4 Å². The highest BCUT2D eigenvalue weighted by Crippen LogP contribution is 2.33. The maximum atomic E-state index is 13.2. The third-order valence-corrected chi connectivity index (χ3v) is 7.15. The molecule has 2 saturated heterocycles. The molecular formula is C28H24FN3O3S. The molecule has 3 aromatic rings. The minimum absolute atomic E-state index is 0.0534. The summed E-state index contributed by atoms with van der Waals surface area (Å²) < 4.78 is 13.2. The summed E-state index contributed by atoms with van der Waals surface area (Å²) in [5.41, 5.74) is 3.04. The van der Waals surface area contributed by atoms with Crippen molar-refractivity contribution < 1.29 is 18.8 Å². The predicted molar refractivity (Wildman–Crippen MR) is 139 cm³/mol. The number of hydrogen-bond donors (Lipinski definition) is 0. The number of piperazine rings is 1. The van der Waals surface area contributed by atoms with Gasteiger partial charge in [-0.1, -0.05) is 42.5 Å². The smallest absolute Gasteiger partial charge is 0.293 e. The molecule has 0 spiro atoms. The molecule has 6 nitrogen and oxygen atoms in total. The molecule has 0 aromatic heterocycles. The first kappa shape index (κ1) is 23.8. The molecule has 0 N–H and O–H groups in total. The Morgan fingerprint density at radius 1 is 0.889 bits per heavy atom. The first-order chi connectivity index (χ1) is 17.5. The summed E-state index contributed by atoms with van der Waals surface area (Å²) in [6.45, 7) is 2.85. The number of amides is 3. The number of para-hydroxylation sites is 1. The highest BCUT2D eigenvalue weighted by Gasteiger charge is 2.35. The van der Waals surface area contributed by atoms with Crippen molar-refractivity contribution in [2.75, 3.05) is 31.1 Å². The van der Waals surface area contributed by atoms with Gasteiger partial charge < -0.3 is 9.80 Å². The summed E-state index contributed by atoms with van der Waals surface area (Å²) in [7, 11) is 0. The number of halogens is 1. The van der Waals surface area contributed by atoms with Crippen LogP contribution in [-0.4, -0.2) is 53.0 Å². The van der Waals surface area contributed by atoms with E-state index >= 15 is 0 Å². The van der Waals surface area contributed by atoms with Gasteiger partial charge in [0.1, 0.15) is 5.82 Å². The van der Waals surface area contributed by atoms with Crippen molar-refractivity contribution in [3.8, 4) is 0 Å². The second-order valence-electron chi connectivity index (χ2n) is 8.63. The molecule has 0 aliphatic carbocycles. The van der Waals surface area contributed by atoms with Crippen molar-refractivity contribution in [2.45, 2.75) is 6.54 Å². The zero-order valence-corrected chi connectivity index (χ0v) is 20.3. The van der Waals surface area contributed by atoms with Crippen molar-refractivity contribution in [3.05, 3.63) is 106 Å². The van der Waals surface area contributed by atoms with Crippen LogP contribution < -0.4 is 4.90 Å². The highest BCUT2D eigenvalue weighted by molar-refractivity contribution is 8.18. The van der Waals surface area contributed by atoms with E-state index in [1.165, 1.54) is 12.1 Å². The van der Waals surface area contributed by atoms with Gasteiger partial charge in [-0.15, -0.1) is 0 Å². The quantitative estimate of drug-likeness (QED) is 0.459. The van der Waals surface area contributed by atoms with E-state index in [-0.39, 0.29) is 23.5 Å². The topological polar surface area (TPSA) is 60.9 Å². The SMILES string of the molecule is O=C(c1cccc(C=C2SC(=O)N(Cc3ccc(F)cc3)C2=O)c1)N1CCN(c2ccccc2)CC1. The normalized spacial score (nSPS) is 17.2. The Balaban J connectivity index is 1.25. The van der Waals surface area contributed by atoms with Crippen LogP contribution in [0.2, 0.25) is 0 Å². The van der Waals surface area contributed by atoms with E-state index in [0.29, 0.717) is 34.7 Å². The lowest BCUT2D eigenvalue weighted by Gasteiger charge is -2.36. The van der Waals surface area contributed by atoms with Crippen LogP contribution in [0.4, 0.5) is 14.9 Å². The Morgan fingerprint density at radius 3 is 2.33 bits per heavy atom. The molecule has 5 rings (SSSR count). The fourth-order valence-corrected chi connectivity index (χ4v) is 5.15. The minimum atomic E-state index is -0.400. The molecule has 0 bridgehead atoms. The first-order valence-electron chi connectivity index (χ1n) is 11.7. The van der Waals surface area contributed by atoms with Crippen LogP contribution in [0.15, 0.2) is 83.8 Å². The molecule has 0 unspecified atom stereocenters. The Hall–Kier alpha value is -3.91. The van der Waals surface area contributed by atoms with Crippen LogP contribution in [0.3, 0.4) is 0 Å². The Kier molecular flexibility index (Phi) is 6.86. The zero-order valence-electron chi connectivity index (χ0n) is 19.5. The number of anilines is 1. The van der Waals surface area contributed by atoms with E-state index in [2.05, 4.69) is 17.0 Å². The van der Waals surface area contributed by atoms with Crippen LogP contribution in [0.25, 0.3) is 6.08 Å². The van der Waals surface area contributed by atoms with Gasteiger partial charge >= 0.3 is 0 Å². The molecule has 0 saturated carbocycles. The number of thioether (sulfide) groups is 1. The number of nitrogens with zero attached hydrogens (tertiary/aromatic N) is 3. The summed E-state index contributed by atoms with van der Waals surface area (Å²) in [6.07, 6.45) is 1.64. The third-order valence-electron chi connectivity index (χ3n) is 6.25. The average Bonchev–Trinajstić information content (AvgIpc) is 3.17. The molecule has 8 heteroatoms. The van der Waals surface area contributed by atoms with Gasteiger partial charge in [-0.2, -0.15) is 0 Å². The van der Waals surface area contributed by atoms with E-state index < -0.39 is 5.91 Å². The summed E-state index contributed by atoms with van der Waals surface area (Å²) in [5.74, 6) is -0.828. The first-order valence-corrected chi connectivity index (χ1v) is 12.5. The summed E-state index contributed by atoms with van der Waals surface area (Å²) in [6, 6.07) is 23.0. The Morgan fingerprint density at radius 2 is 1.61 bits per heavy atom. The Labute approximate surface area is 213 Å². The van der Waals surface area contributed by atoms with Crippen molar-refractivity contribution in [2.24, 2.45) is 0 Å². The average molecular weight is 502 g/mol. The van der Waals surface area contributed by atoms with Gasteiger partial charge in [-0.05, 0) is 65.4 Å². The van der Waals surface area contributed by atoms with E-state index in [1.54, 1.807) is 42.5 Å². The fourth-order valence-electron chi connectivity index (χ4n) is 4.31. The van der Waals surface area contributed by atoms with Gasteiger partial charge in [-0.3, -0.25) is 19.3 Å². The second-order valence-corrected chi connectivity index (χ2v) is 9.63. The van der Waals surface area contributed by atoms with Gasteiger partial charge in [0, 0.05) is 37.4 Å². The molecule has 3 amide bonds. The number of carbonyl (C=O) groups excluding carboxylic acids is 3. The summed E-state index contributed by atoms with van der Waals surface area (Å²) >= 11 is 0.863. The van der Waals surface area contributed by atoms with Gasteiger partial charge in [0.2, 0.25) is 0 Å². The number of carbonyl (C=O) groups is 3. The molecular weight excluding hydrogens is 477 g/mol. The standard InChI is InChI=1S/C28H24FN3O3S/c29-23-11-9-20(10-12-23)19-32-27(34)25(36-28(32)35)18-21-5-4-6-22(17-21)26(33)31-15-13-30(14-16-31)24-7-2-1-3-8-24/h1-12,17-18H,13-16,19H2. The largest absolute Gasteiger partial charge is 0.368 e. The van der Waals surface area contributed by atoms with Gasteiger partial charge in [0.05, 0.1) is 11.4 Å². The lowest BCUT2D eigenvalue weighted by molar-refractivity contribution is -0.123. The second kappa shape index (κ2) is 10.4. The molecule has 182 valence electrons. The maximum absolute atomic E-state index is 13.2. The number of benzene rings is 3. The van der Waals surface area contributed by atoms with Crippen molar-refractivity contribution in [1.82, 2.24) is 9.80 Å². The van der Waals surface area contributed by atoms with Crippen molar-refractivity contribution in [1.29, 1.82) is 0 Å².